The first-order chi connectivity index (χ1) is 9.30. The number of benzene rings is 1. The van der Waals surface area contributed by atoms with Gasteiger partial charge in [-0.15, -0.1) is 0 Å². The van der Waals surface area contributed by atoms with Gasteiger partial charge in [-0.1, -0.05) is 32.4 Å². The van der Waals surface area contributed by atoms with Crippen LogP contribution in [0.15, 0.2) is 24.3 Å². The van der Waals surface area contributed by atoms with Crippen LogP contribution in [0.25, 0.3) is 11.0 Å². The van der Waals surface area contributed by atoms with Crippen molar-refractivity contribution in [2.75, 3.05) is 6.54 Å². The minimum Gasteiger partial charge on any atom is -0.328 e. The Morgan fingerprint density at radius 2 is 2.00 bits per heavy atom. The van der Waals surface area contributed by atoms with Crippen molar-refractivity contribution in [2.45, 2.75) is 52.6 Å². The van der Waals surface area contributed by atoms with Crippen LogP contribution in [0.3, 0.4) is 0 Å². The van der Waals surface area contributed by atoms with Crippen LogP contribution in [0.2, 0.25) is 0 Å². The van der Waals surface area contributed by atoms with Gasteiger partial charge in [-0.05, 0) is 32.0 Å². The molecule has 19 heavy (non-hydrogen) atoms. The number of para-hydroxylation sites is 2. The number of hydrogen-bond acceptors (Lipinski definition) is 2. The molecule has 0 spiro atoms. The van der Waals surface area contributed by atoms with Crippen molar-refractivity contribution in [1.29, 1.82) is 0 Å². The summed E-state index contributed by atoms with van der Waals surface area (Å²) in [6.45, 7) is 8.62. The summed E-state index contributed by atoms with van der Waals surface area (Å²) in [5.74, 6) is 1.21. The highest BCUT2D eigenvalue weighted by atomic mass is 15.1. The normalized spacial score (nSPS) is 13.0. The molecular formula is C16H25N3. The lowest BCUT2D eigenvalue weighted by Gasteiger charge is -2.17. The first kappa shape index (κ1) is 14.1. The largest absolute Gasteiger partial charge is 0.328 e. The van der Waals surface area contributed by atoms with Gasteiger partial charge >= 0.3 is 0 Å². The molecule has 1 aromatic heterocycles. The fourth-order valence-electron chi connectivity index (χ4n) is 2.77. The fourth-order valence-corrected chi connectivity index (χ4v) is 2.77. The number of imidazole rings is 1. The van der Waals surface area contributed by atoms with E-state index in [9.17, 15) is 0 Å². The van der Waals surface area contributed by atoms with Crippen LogP contribution in [0.1, 0.15) is 39.4 Å². The zero-order valence-electron chi connectivity index (χ0n) is 12.3. The molecule has 0 aliphatic heterocycles. The van der Waals surface area contributed by atoms with Crippen molar-refractivity contribution < 1.29 is 0 Å². The van der Waals surface area contributed by atoms with Crippen molar-refractivity contribution in [3.8, 4) is 0 Å². The number of hydrogen-bond donors (Lipinski definition) is 1. The van der Waals surface area contributed by atoms with Crippen LogP contribution in [-0.4, -0.2) is 22.1 Å². The highest BCUT2D eigenvalue weighted by Crippen LogP contribution is 2.17. The van der Waals surface area contributed by atoms with E-state index in [-0.39, 0.29) is 0 Å². The molecule has 0 amide bonds. The van der Waals surface area contributed by atoms with Crippen LogP contribution >= 0.6 is 0 Å². The number of nitrogens with zero attached hydrogens (tertiary/aromatic N) is 2. The number of aromatic nitrogens is 2. The Kier molecular flexibility index (Phi) is 4.97. The molecule has 3 nitrogen and oxygen atoms in total. The number of likely N-dealkylation sites (N-methyl/N-ethyl adjacent to an activating group) is 1. The minimum absolute atomic E-state index is 0.539. The topological polar surface area (TPSA) is 29.9 Å². The molecule has 0 aliphatic carbocycles. The van der Waals surface area contributed by atoms with Crippen LogP contribution in [0.5, 0.6) is 0 Å². The zero-order valence-corrected chi connectivity index (χ0v) is 12.3. The van der Waals surface area contributed by atoms with Crippen LogP contribution in [0.4, 0.5) is 0 Å². The van der Waals surface area contributed by atoms with E-state index in [1.54, 1.807) is 0 Å². The molecule has 1 heterocycles. The first-order valence-corrected chi connectivity index (χ1v) is 7.47. The van der Waals surface area contributed by atoms with Gasteiger partial charge < -0.3 is 9.88 Å². The third kappa shape index (κ3) is 3.16. The summed E-state index contributed by atoms with van der Waals surface area (Å²) < 4.78 is 2.34. The summed E-state index contributed by atoms with van der Waals surface area (Å²) in [6, 6.07) is 8.96. The lowest BCUT2D eigenvalue weighted by Crippen LogP contribution is -2.31. The smallest absolute Gasteiger partial charge is 0.111 e. The average Bonchev–Trinajstić information content (AvgIpc) is 2.76. The second-order valence-corrected chi connectivity index (χ2v) is 5.01. The first-order valence-electron chi connectivity index (χ1n) is 7.47. The van der Waals surface area contributed by atoms with E-state index in [1.165, 1.54) is 24.2 Å². The summed E-state index contributed by atoms with van der Waals surface area (Å²) in [5.41, 5.74) is 2.37. The number of fused-ring (bicyclic) bond motifs is 1. The van der Waals surface area contributed by atoms with E-state index in [1.807, 2.05) is 0 Å². The van der Waals surface area contributed by atoms with E-state index < -0.39 is 0 Å². The lowest BCUT2D eigenvalue weighted by molar-refractivity contribution is 0.469. The molecule has 0 aliphatic rings. The molecule has 0 saturated heterocycles. The van der Waals surface area contributed by atoms with Crippen LogP contribution in [0, 0.1) is 0 Å². The Morgan fingerprint density at radius 1 is 1.21 bits per heavy atom. The zero-order chi connectivity index (χ0) is 13.7. The van der Waals surface area contributed by atoms with Crippen LogP contribution < -0.4 is 5.32 Å². The molecule has 104 valence electrons. The maximum atomic E-state index is 4.81. The van der Waals surface area contributed by atoms with Gasteiger partial charge in [0.05, 0.1) is 11.0 Å². The highest BCUT2D eigenvalue weighted by Gasteiger charge is 2.14. The van der Waals surface area contributed by atoms with Gasteiger partial charge in [0, 0.05) is 19.0 Å². The van der Waals surface area contributed by atoms with Gasteiger partial charge in [-0.3, -0.25) is 0 Å². The molecule has 1 aromatic carbocycles. The molecule has 2 aromatic rings. The summed E-state index contributed by atoms with van der Waals surface area (Å²) in [6.07, 6.45) is 3.44. The van der Waals surface area contributed by atoms with Crippen molar-refractivity contribution in [2.24, 2.45) is 0 Å². The van der Waals surface area contributed by atoms with Gasteiger partial charge in [0.2, 0.25) is 0 Å². The number of aryl methyl sites for hydroxylation is 1. The van der Waals surface area contributed by atoms with E-state index in [2.05, 4.69) is 54.9 Å². The molecule has 0 fully saturated rings. The molecule has 0 saturated carbocycles. The molecule has 2 rings (SSSR count). The second kappa shape index (κ2) is 6.71. The predicted octanol–water partition coefficient (Wildman–Crippen LogP) is 3.38. The van der Waals surface area contributed by atoms with Gasteiger partial charge in [-0.25, -0.2) is 4.98 Å². The monoisotopic (exact) mass is 259 g/mol. The third-order valence-electron chi connectivity index (χ3n) is 3.61. The summed E-state index contributed by atoms with van der Waals surface area (Å²) in [4.78, 5) is 4.81. The maximum absolute atomic E-state index is 4.81. The Hall–Kier alpha value is -1.35. The minimum atomic E-state index is 0.539. The van der Waals surface area contributed by atoms with E-state index in [0.29, 0.717) is 6.04 Å². The molecule has 1 N–H and O–H groups in total. The Morgan fingerprint density at radius 3 is 2.68 bits per heavy atom. The number of nitrogens with one attached hydrogen (secondary N) is 1. The van der Waals surface area contributed by atoms with E-state index >= 15 is 0 Å². The van der Waals surface area contributed by atoms with Gasteiger partial charge in [0.1, 0.15) is 5.82 Å². The van der Waals surface area contributed by atoms with Gasteiger partial charge in [-0.2, -0.15) is 0 Å². The van der Waals surface area contributed by atoms with Crippen molar-refractivity contribution in [1.82, 2.24) is 14.9 Å². The Balaban J connectivity index is 2.27. The SMILES string of the molecule is CCCC(Cc1nc2ccccc2n1CC)NCC. The summed E-state index contributed by atoms with van der Waals surface area (Å²) in [7, 11) is 0. The molecular weight excluding hydrogens is 234 g/mol. The predicted molar refractivity (Wildman–Crippen MR) is 81.5 cm³/mol. The molecule has 1 unspecified atom stereocenters. The maximum Gasteiger partial charge on any atom is 0.111 e. The van der Waals surface area contributed by atoms with Crippen molar-refractivity contribution in [3.63, 3.8) is 0 Å². The van der Waals surface area contributed by atoms with Gasteiger partial charge in [0.15, 0.2) is 0 Å². The van der Waals surface area contributed by atoms with E-state index in [4.69, 9.17) is 4.98 Å². The Bertz CT molecular complexity index is 510. The summed E-state index contributed by atoms with van der Waals surface area (Å²) in [5, 5.41) is 3.57. The van der Waals surface area contributed by atoms with Crippen molar-refractivity contribution in [3.05, 3.63) is 30.1 Å². The van der Waals surface area contributed by atoms with Gasteiger partial charge in [0.25, 0.3) is 0 Å². The second-order valence-electron chi connectivity index (χ2n) is 5.01. The molecule has 3 heteroatoms. The Labute approximate surface area is 116 Å². The standard InChI is InChI=1S/C16H25N3/c1-4-9-13(17-5-2)12-16-18-14-10-7-8-11-15(14)19(16)6-3/h7-8,10-11,13,17H,4-6,9,12H2,1-3H3. The highest BCUT2D eigenvalue weighted by molar-refractivity contribution is 5.75. The molecule has 1 atom stereocenters. The number of rotatable bonds is 7. The fraction of sp³-hybridized carbons (Fsp3) is 0.562. The van der Waals surface area contributed by atoms with Crippen molar-refractivity contribution >= 4 is 11.0 Å². The average molecular weight is 259 g/mol. The summed E-state index contributed by atoms with van der Waals surface area (Å²) >= 11 is 0. The van der Waals surface area contributed by atoms with E-state index in [0.717, 1.165) is 25.0 Å². The third-order valence-corrected chi connectivity index (χ3v) is 3.61. The van der Waals surface area contributed by atoms with Crippen LogP contribution in [-0.2, 0) is 13.0 Å². The quantitative estimate of drug-likeness (QED) is 0.826. The molecule has 0 bridgehead atoms. The lowest BCUT2D eigenvalue weighted by atomic mass is 10.1. The molecule has 0 radical (unpaired) electrons.